The summed E-state index contributed by atoms with van der Waals surface area (Å²) >= 11 is 3.41. The van der Waals surface area contributed by atoms with Gasteiger partial charge in [0.15, 0.2) is 0 Å². The zero-order valence-corrected chi connectivity index (χ0v) is 16.0. The molecule has 0 aliphatic heterocycles. The molecule has 0 N–H and O–H groups in total. The summed E-state index contributed by atoms with van der Waals surface area (Å²) in [6, 6.07) is 15.3. The van der Waals surface area contributed by atoms with E-state index in [4.69, 9.17) is 9.26 Å². The molecule has 27 heavy (non-hydrogen) atoms. The summed E-state index contributed by atoms with van der Waals surface area (Å²) in [5, 5.41) is 16.5. The molecule has 9 heteroatoms. The van der Waals surface area contributed by atoms with Crippen LogP contribution in [0.1, 0.15) is 12.8 Å². The van der Waals surface area contributed by atoms with E-state index in [1.54, 1.807) is 0 Å². The Hall–Kier alpha value is -3.07. The maximum Gasteiger partial charge on any atom is 0.250 e. The molecule has 4 rings (SSSR count). The Morgan fingerprint density at radius 1 is 1.07 bits per heavy atom. The number of hydrogen-bond donors (Lipinski definition) is 0. The first-order chi connectivity index (χ1) is 13.2. The van der Waals surface area contributed by atoms with Crippen LogP contribution in [0.25, 0.3) is 22.8 Å². The Kier molecular flexibility index (Phi) is 4.93. The van der Waals surface area contributed by atoms with Crippen LogP contribution in [0, 0.1) is 0 Å². The zero-order valence-electron chi connectivity index (χ0n) is 14.4. The molecule has 0 atom stereocenters. The first-order valence-electron chi connectivity index (χ1n) is 8.31. The van der Waals surface area contributed by atoms with Gasteiger partial charge in [0.2, 0.25) is 11.6 Å². The smallest absolute Gasteiger partial charge is 0.250 e. The summed E-state index contributed by atoms with van der Waals surface area (Å²) in [5.74, 6) is 2.09. The average molecular weight is 427 g/mol. The van der Waals surface area contributed by atoms with Crippen molar-refractivity contribution in [1.82, 2.24) is 30.3 Å². The van der Waals surface area contributed by atoms with E-state index in [1.807, 2.05) is 55.5 Å². The van der Waals surface area contributed by atoms with E-state index in [-0.39, 0.29) is 6.54 Å². The Bertz CT molecular complexity index is 1040. The minimum absolute atomic E-state index is 0.229. The van der Waals surface area contributed by atoms with E-state index in [1.165, 1.54) is 4.80 Å². The lowest BCUT2D eigenvalue weighted by molar-refractivity contribution is 0.340. The third kappa shape index (κ3) is 3.87. The standard InChI is InChI=1S/C18H15BrN6O2/c1-2-26-15-6-4-3-5-14(15)18-20-16(27-23-18)11-25-22-17(21-24-25)12-7-9-13(19)10-8-12/h3-10H,2,11H2,1H3. The maximum atomic E-state index is 5.61. The van der Waals surface area contributed by atoms with Crippen molar-refractivity contribution in [3.05, 3.63) is 58.9 Å². The molecule has 2 heterocycles. The fraction of sp³-hybridized carbons (Fsp3) is 0.167. The van der Waals surface area contributed by atoms with Gasteiger partial charge in [0.25, 0.3) is 5.89 Å². The molecule has 0 saturated carbocycles. The van der Waals surface area contributed by atoms with Gasteiger partial charge in [-0.2, -0.15) is 9.78 Å². The second-order valence-electron chi connectivity index (χ2n) is 5.59. The van der Waals surface area contributed by atoms with E-state index >= 15 is 0 Å². The minimum Gasteiger partial charge on any atom is -0.493 e. The number of rotatable bonds is 6. The number of tetrazole rings is 1. The molecule has 0 fully saturated rings. The Morgan fingerprint density at radius 2 is 1.89 bits per heavy atom. The van der Waals surface area contributed by atoms with Crippen molar-refractivity contribution >= 4 is 15.9 Å². The number of para-hydroxylation sites is 1. The summed E-state index contributed by atoms with van der Waals surface area (Å²) < 4.78 is 11.9. The van der Waals surface area contributed by atoms with Gasteiger partial charge in [-0.1, -0.05) is 33.2 Å². The van der Waals surface area contributed by atoms with Crippen LogP contribution in [0.15, 0.2) is 57.5 Å². The molecular formula is C18H15BrN6O2. The lowest BCUT2D eigenvalue weighted by Gasteiger charge is -2.05. The molecule has 0 bridgehead atoms. The normalized spacial score (nSPS) is 10.9. The van der Waals surface area contributed by atoms with E-state index in [0.29, 0.717) is 29.9 Å². The number of hydrogen-bond acceptors (Lipinski definition) is 7. The largest absolute Gasteiger partial charge is 0.493 e. The van der Waals surface area contributed by atoms with Gasteiger partial charge < -0.3 is 9.26 Å². The molecule has 0 saturated heterocycles. The fourth-order valence-electron chi connectivity index (χ4n) is 2.51. The van der Waals surface area contributed by atoms with Crippen molar-refractivity contribution in [3.63, 3.8) is 0 Å². The second kappa shape index (κ2) is 7.67. The highest BCUT2D eigenvalue weighted by Gasteiger charge is 2.15. The van der Waals surface area contributed by atoms with Crippen LogP contribution < -0.4 is 4.74 Å². The van der Waals surface area contributed by atoms with E-state index in [0.717, 1.165) is 15.6 Å². The third-order valence-corrected chi connectivity index (χ3v) is 4.26. The molecule has 4 aromatic rings. The van der Waals surface area contributed by atoms with Gasteiger partial charge in [-0.3, -0.25) is 0 Å². The molecule has 0 radical (unpaired) electrons. The number of ether oxygens (including phenoxy) is 1. The first-order valence-corrected chi connectivity index (χ1v) is 9.11. The predicted molar refractivity (Wildman–Crippen MR) is 101 cm³/mol. The van der Waals surface area contributed by atoms with E-state index < -0.39 is 0 Å². The van der Waals surface area contributed by atoms with Gasteiger partial charge in [-0.05, 0) is 48.5 Å². The SMILES string of the molecule is CCOc1ccccc1-c1noc(Cn2nnc(-c3ccc(Br)cc3)n2)n1. The van der Waals surface area contributed by atoms with Crippen LogP contribution in [-0.4, -0.2) is 37.0 Å². The molecule has 0 spiro atoms. The zero-order chi connectivity index (χ0) is 18.6. The van der Waals surface area contributed by atoms with Crippen molar-refractivity contribution < 1.29 is 9.26 Å². The van der Waals surface area contributed by atoms with Crippen molar-refractivity contribution in [2.75, 3.05) is 6.61 Å². The molecule has 2 aromatic carbocycles. The monoisotopic (exact) mass is 426 g/mol. The van der Waals surface area contributed by atoms with Gasteiger partial charge in [0.1, 0.15) is 12.3 Å². The number of benzene rings is 2. The third-order valence-electron chi connectivity index (χ3n) is 3.73. The van der Waals surface area contributed by atoms with Crippen LogP contribution in [0.2, 0.25) is 0 Å². The Labute approximate surface area is 163 Å². The molecule has 8 nitrogen and oxygen atoms in total. The molecule has 0 aliphatic carbocycles. The Balaban J connectivity index is 1.53. The topological polar surface area (TPSA) is 91.8 Å². The molecule has 0 aliphatic rings. The van der Waals surface area contributed by atoms with E-state index in [9.17, 15) is 0 Å². The lowest BCUT2D eigenvalue weighted by atomic mass is 10.2. The van der Waals surface area contributed by atoms with Crippen molar-refractivity contribution in [2.45, 2.75) is 13.5 Å². The average Bonchev–Trinajstić information content (AvgIpc) is 3.33. The first kappa shape index (κ1) is 17.3. The van der Waals surface area contributed by atoms with Crippen LogP contribution in [0.3, 0.4) is 0 Å². The van der Waals surface area contributed by atoms with Gasteiger partial charge in [0.05, 0.1) is 12.2 Å². The summed E-state index contributed by atoms with van der Waals surface area (Å²) in [7, 11) is 0. The number of nitrogens with zero attached hydrogens (tertiary/aromatic N) is 6. The van der Waals surface area contributed by atoms with Crippen LogP contribution >= 0.6 is 15.9 Å². The Morgan fingerprint density at radius 3 is 2.70 bits per heavy atom. The highest BCUT2D eigenvalue weighted by molar-refractivity contribution is 9.10. The van der Waals surface area contributed by atoms with Crippen LogP contribution in [0.5, 0.6) is 5.75 Å². The van der Waals surface area contributed by atoms with Crippen LogP contribution in [-0.2, 0) is 6.54 Å². The molecule has 136 valence electrons. The second-order valence-corrected chi connectivity index (χ2v) is 6.51. The van der Waals surface area contributed by atoms with Crippen LogP contribution in [0.4, 0.5) is 0 Å². The minimum atomic E-state index is 0.229. The summed E-state index contributed by atoms with van der Waals surface area (Å²) in [5.41, 5.74) is 1.65. The summed E-state index contributed by atoms with van der Waals surface area (Å²) in [6.07, 6.45) is 0. The predicted octanol–water partition coefficient (Wildman–Crippen LogP) is 3.60. The number of halogens is 1. The van der Waals surface area contributed by atoms with Gasteiger partial charge in [0, 0.05) is 10.0 Å². The molecule has 0 unspecified atom stereocenters. The quantitative estimate of drug-likeness (QED) is 0.464. The van der Waals surface area contributed by atoms with Gasteiger partial charge in [-0.25, -0.2) is 0 Å². The maximum absolute atomic E-state index is 5.61. The molecule has 2 aromatic heterocycles. The van der Waals surface area contributed by atoms with Crippen molar-refractivity contribution in [2.24, 2.45) is 0 Å². The van der Waals surface area contributed by atoms with Crippen molar-refractivity contribution in [1.29, 1.82) is 0 Å². The molecule has 0 amide bonds. The van der Waals surface area contributed by atoms with Crippen molar-refractivity contribution in [3.8, 4) is 28.5 Å². The number of aromatic nitrogens is 6. The fourth-order valence-corrected chi connectivity index (χ4v) is 2.77. The van der Waals surface area contributed by atoms with E-state index in [2.05, 4.69) is 41.5 Å². The van der Waals surface area contributed by atoms with Gasteiger partial charge >= 0.3 is 0 Å². The summed E-state index contributed by atoms with van der Waals surface area (Å²) in [6.45, 7) is 2.72. The highest BCUT2D eigenvalue weighted by atomic mass is 79.9. The highest BCUT2D eigenvalue weighted by Crippen LogP contribution is 2.27. The van der Waals surface area contributed by atoms with Gasteiger partial charge in [-0.15, -0.1) is 10.2 Å². The summed E-state index contributed by atoms with van der Waals surface area (Å²) in [4.78, 5) is 5.84. The molecular weight excluding hydrogens is 412 g/mol. The lowest BCUT2D eigenvalue weighted by Crippen LogP contribution is -2.04.